The molecule has 0 amide bonds. The van der Waals surface area contributed by atoms with Gasteiger partial charge in [0.1, 0.15) is 0 Å². The van der Waals surface area contributed by atoms with Gasteiger partial charge in [-0.1, -0.05) is 35.0 Å². The third-order valence-electron chi connectivity index (χ3n) is 2.14. The van der Waals surface area contributed by atoms with E-state index in [0.717, 1.165) is 24.1 Å². The largest absolute Gasteiger partial charge is 0.330 e. The molecule has 0 fully saturated rings. The average molecular weight is 257 g/mol. The number of nitrogens with one attached hydrogen (secondary N) is 1. The van der Waals surface area contributed by atoms with Crippen molar-refractivity contribution in [3.8, 4) is 0 Å². The van der Waals surface area contributed by atoms with Crippen LogP contribution in [0.1, 0.15) is 12.5 Å². The maximum Gasteiger partial charge on any atom is 0.0205 e. The smallest absolute Gasteiger partial charge is 0.0205 e. The van der Waals surface area contributed by atoms with Gasteiger partial charge in [0, 0.05) is 11.0 Å². The van der Waals surface area contributed by atoms with Gasteiger partial charge in [0.15, 0.2) is 0 Å². The molecule has 3 heteroatoms. The minimum absolute atomic E-state index is 0.547. The highest BCUT2D eigenvalue weighted by atomic mass is 79.9. The standard InChI is InChI=1S/C11H17BrN2/c1-9(6-13)7-14-8-10-2-4-11(12)5-3-10/h2-5,9,14H,6-8,13H2,1H3. The van der Waals surface area contributed by atoms with Gasteiger partial charge in [-0.05, 0) is 36.7 Å². The van der Waals surface area contributed by atoms with Crippen molar-refractivity contribution < 1.29 is 0 Å². The summed E-state index contributed by atoms with van der Waals surface area (Å²) in [4.78, 5) is 0. The van der Waals surface area contributed by atoms with Gasteiger partial charge in [-0.25, -0.2) is 0 Å². The van der Waals surface area contributed by atoms with Crippen LogP contribution in [0.5, 0.6) is 0 Å². The SMILES string of the molecule is CC(CN)CNCc1ccc(Br)cc1. The molecule has 0 spiro atoms. The summed E-state index contributed by atoms with van der Waals surface area (Å²) < 4.78 is 1.12. The highest BCUT2D eigenvalue weighted by Crippen LogP contribution is 2.10. The molecule has 1 rings (SSSR count). The summed E-state index contributed by atoms with van der Waals surface area (Å²) in [5.74, 6) is 0.547. The Morgan fingerprint density at radius 3 is 2.57 bits per heavy atom. The van der Waals surface area contributed by atoms with E-state index in [2.05, 4.69) is 52.4 Å². The molecule has 3 N–H and O–H groups in total. The van der Waals surface area contributed by atoms with Crippen molar-refractivity contribution in [2.24, 2.45) is 11.7 Å². The van der Waals surface area contributed by atoms with Crippen molar-refractivity contribution in [2.75, 3.05) is 13.1 Å². The second kappa shape index (κ2) is 6.17. The molecular weight excluding hydrogens is 240 g/mol. The van der Waals surface area contributed by atoms with Crippen LogP contribution in [0.3, 0.4) is 0 Å². The zero-order valence-corrected chi connectivity index (χ0v) is 10.0. The molecule has 1 atom stereocenters. The second-order valence-corrected chi connectivity index (χ2v) is 4.51. The topological polar surface area (TPSA) is 38.0 Å². The predicted octanol–water partition coefficient (Wildman–Crippen LogP) is 2.13. The quantitative estimate of drug-likeness (QED) is 0.848. The fourth-order valence-corrected chi connectivity index (χ4v) is 1.41. The molecule has 0 saturated carbocycles. The van der Waals surface area contributed by atoms with Gasteiger partial charge >= 0.3 is 0 Å². The fraction of sp³-hybridized carbons (Fsp3) is 0.455. The minimum atomic E-state index is 0.547. The third kappa shape index (κ3) is 4.22. The second-order valence-electron chi connectivity index (χ2n) is 3.60. The van der Waals surface area contributed by atoms with Gasteiger partial charge in [0.2, 0.25) is 0 Å². The first-order chi connectivity index (χ1) is 6.72. The van der Waals surface area contributed by atoms with Crippen molar-refractivity contribution in [3.05, 3.63) is 34.3 Å². The van der Waals surface area contributed by atoms with Crippen molar-refractivity contribution >= 4 is 15.9 Å². The summed E-state index contributed by atoms with van der Waals surface area (Å²) in [5, 5.41) is 3.38. The zero-order chi connectivity index (χ0) is 10.4. The molecule has 78 valence electrons. The Morgan fingerprint density at radius 1 is 1.36 bits per heavy atom. The van der Waals surface area contributed by atoms with Crippen LogP contribution in [0.15, 0.2) is 28.7 Å². The average Bonchev–Trinajstić information content (AvgIpc) is 2.21. The van der Waals surface area contributed by atoms with Gasteiger partial charge in [-0.15, -0.1) is 0 Å². The van der Waals surface area contributed by atoms with E-state index < -0.39 is 0 Å². The van der Waals surface area contributed by atoms with Crippen LogP contribution >= 0.6 is 15.9 Å². The Hall–Kier alpha value is -0.380. The molecular formula is C11H17BrN2. The maximum atomic E-state index is 5.53. The molecule has 1 aromatic rings. The van der Waals surface area contributed by atoms with Crippen molar-refractivity contribution in [1.82, 2.24) is 5.32 Å². The van der Waals surface area contributed by atoms with Crippen molar-refractivity contribution in [3.63, 3.8) is 0 Å². The van der Waals surface area contributed by atoms with E-state index in [1.54, 1.807) is 0 Å². The summed E-state index contributed by atoms with van der Waals surface area (Å²) in [5.41, 5.74) is 6.83. The van der Waals surface area contributed by atoms with Crippen LogP contribution in [-0.2, 0) is 6.54 Å². The number of rotatable bonds is 5. The predicted molar refractivity (Wildman–Crippen MR) is 64.1 cm³/mol. The van der Waals surface area contributed by atoms with E-state index in [1.165, 1.54) is 5.56 Å². The van der Waals surface area contributed by atoms with Crippen molar-refractivity contribution in [2.45, 2.75) is 13.5 Å². The van der Waals surface area contributed by atoms with E-state index >= 15 is 0 Å². The number of nitrogens with two attached hydrogens (primary N) is 1. The monoisotopic (exact) mass is 256 g/mol. The zero-order valence-electron chi connectivity index (χ0n) is 8.46. The normalized spacial score (nSPS) is 12.8. The van der Waals surface area contributed by atoms with E-state index in [1.807, 2.05) is 0 Å². The fourth-order valence-electron chi connectivity index (χ4n) is 1.15. The Balaban J connectivity index is 2.28. The first kappa shape index (κ1) is 11.7. The molecule has 0 bridgehead atoms. The van der Waals surface area contributed by atoms with Crippen LogP contribution in [0.4, 0.5) is 0 Å². The van der Waals surface area contributed by atoms with Crippen LogP contribution in [0.2, 0.25) is 0 Å². The van der Waals surface area contributed by atoms with Crippen LogP contribution in [0, 0.1) is 5.92 Å². The summed E-state index contributed by atoms with van der Waals surface area (Å²) in [6, 6.07) is 8.35. The Kier molecular flexibility index (Phi) is 5.15. The molecule has 1 aromatic carbocycles. The first-order valence-electron chi connectivity index (χ1n) is 4.87. The Labute approximate surface area is 94.0 Å². The van der Waals surface area contributed by atoms with Crippen LogP contribution in [0.25, 0.3) is 0 Å². The number of hydrogen-bond acceptors (Lipinski definition) is 2. The van der Waals surface area contributed by atoms with Crippen molar-refractivity contribution in [1.29, 1.82) is 0 Å². The summed E-state index contributed by atoms with van der Waals surface area (Å²) >= 11 is 3.41. The molecule has 0 radical (unpaired) electrons. The van der Waals surface area contributed by atoms with Gasteiger partial charge in [0.05, 0.1) is 0 Å². The van der Waals surface area contributed by atoms with Gasteiger partial charge < -0.3 is 11.1 Å². The van der Waals surface area contributed by atoms with Gasteiger partial charge in [-0.3, -0.25) is 0 Å². The lowest BCUT2D eigenvalue weighted by Crippen LogP contribution is -2.25. The van der Waals surface area contributed by atoms with Gasteiger partial charge in [-0.2, -0.15) is 0 Å². The molecule has 0 aromatic heterocycles. The number of halogens is 1. The van der Waals surface area contributed by atoms with Crippen LogP contribution in [-0.4, -0.2) is 13.1 Å². The molecule has 0 aliphatic carbocycles. The Morgan fingerprint density at radius 2 is 2.00 bits per heavy atom. The number of benzene rings is 1. The number of hydrogen-bond donors (Lipinski definition) is 2. The lowest BCUT2D eigenvalue weighted by molar-refractivity contribution is 0.522. The molecule has 2 nitrogen and oxygen atoms in total. The highest BCUT2D eigenvalue weighted by Gasteiger charge is 1.98. The van der Waals surface area contributed by atoms with Crippen LogP contribution < -0.4 is 11.1 Å². The molecule has 0 aliphatic rings. The molecule has 0 heterocycles. The highest BCUT2D eigenvalue weighted by molar-refractivity contribution is 9.10. The van der Waals surface area contributed by atoms with E-state index in [9.17, 15) is 0 Å². The summed E-state index contributed by atoms with van der Waals surface area (Å²) in [6.07, 6.45) is 0. The van der Waals surface area contributed by atoms with E-state index in [4.69, 9.17) is 5.73 Å². The Bertz CT molecular complexity index is 258. The first-order valence-corrected chi connectivity index (χ1v) is 5.67. The lowest BCUT2D eigenvalue weighted by atomic mass is 10.2. The van der Waals surface area contributed by atoms with Gasteiger partial charge in [0.25, 0.3) is 0 Å². The van der Waals surface area contributed by atoms with E-state index in [0.29, 0.717) is 5.92 Å². The molecule has 0 saturated heterocycles. The lowest BCUT2D eigenvalue weighted by Gasteiger charge is -2.09. The summed E-state index contributed by atoms with van der Waals surface area (Å²) in [7, 11) is 0. The maximum absolute atomic E-state index is 5.53. The summed E-state index contributed by atoms with van der Waals surface area (Å²) in [6.45, 7) is 4.78. The molecule has 0 aliphatic heterocycles. The molecule has 14 heavy (non-hydrogen) atoms. The molecule has 1 unspecified atom stereocenters. The minimum Gasteiger partial charge on any atom is -0.330 e. The third-order valence-corrected chi connectivity index (χ3v) is 2.67. The van der Waals surface area contributed by atoms with E-state index in [-0.39, 0.29) is 0 Å².